The molecule has 1 aromatic carbocycles. The highest BCUT2D eigenvalue weighted by Crippen LogP contribution is 2.23. The number of aromatic nitrogens is 2. The molecule has 1 N–H and O–H groups in total. The lowest BCUT2D eigenvalue weighted by molar-refractivity contribution is 0.0565. The summed E-state index contributed by atoms with van der Waals surface area (Å²) in [5.41, 5.74) is 0.0144. The predicted octanol–water partition coefficient (Wildman–Crippen LogP) is 2.96. The van der Waals surface area contributed by atoms with E-state index in [2.05, 4.69) is 10.1 Å². The van der Waals surface area contributed by atoms with E-state index in [0.717, 1.165) is 12.1 Å². The van der Waals surface area contributed by atoms with Gasteiger partial charge in [-0.1, -0.05) is 25.9 Å². The van der Waals surface area contributed by atoms with Crippen LogP contribution >= 0.6 is 0 Å². The van der Waals surface area contributed by atoms with Gasteiger partial charge in [0.15, 0.2) is 11.6 Å². The Bertz CT molecular complexity index is 605. The molecule has 0 fully saturated rings. The number of halogens is 2. The first-order valence-corrected chi connectivity index (χ1v) is 6.23. The highest BCUT2D eigenvalue weighted by atomic mass is 19.2. The SMILES string of the molecule is CC(C)(C)C(O)Cc1nc(-c2ccc(F)c(F)c2)no1. The third kappa shape index (κ3) is 3.19. The van der Waals surface area contributed by atoms with E-state index in [4.69, 9.17) is 4.52 Å². The van der Waals surface area contributed by atoms with Crippen molar-refractivity contribution < 1.29 is 18.4 Å². The topological polar surface area (TPSA) is 59.2 Å². The van der Waals surface area contributed by atoms with Crippen molar-refractivity contribution in [3.8, 4) is 11.4 Å². The summed E-state index contributed by atoms with van der Waals surface area (Å²) in [5.74, 6) is -1.48. The molecule has 0 aliphatic carbocycles. The molecule has 20 heavy (non-hydrogen) atoms. The number of nitrogens with zero attached hydrogens (tertiary/aromatic N) is 2. The third-order valence-electron chi connectivity index (χ3n) is 3.01. The van der Waals surface area contributed by atoms with E-state index in [9.17, 15) is 13.9 Å². The van der Waals surface area contributed by atoms with Crippen LogP contribution in [0.5, 0.6) is 0 Å². The van der Waals surface area contributed by atoms with E-state index < -0.39 is 17.7 Å². The Labute approximate surface area is 115 Å². The highest BCUT2D eigenvalue weighted by molar-refractivity contribution is 5.54. The molecule has 0 saturated heterocycles. The van der Waals surface area contributed by atoms with Crippen LogP contribution in [0.15, 0.2) is 22.7 Å². The van der Waals surface area contributed by atoms with Gasteiger partial charge in [-0.25, -0.2) is 8.78 Å². The molecule has 0 spiro atoms. The van der Waals surface area contributed by atoms with Gasteiger partial charge in [-0.05, 0) is 23.6 Å². The molecule has 0 saturated carbocycles. The van der Waals surface area contributed by atoms with Gasteiger partial charge in [0.2, 0.25) is 11.7 Å². The van der Waals surface area contributed by atoms with E-state index in [1.54, 1.807) is 0 Å². The zero-order valence-corrected chi connectivity index (χ0v) is 11.5. The van der Waals surface area contributed by atoms with Crippen molar-refractivity contribution in [3.05, 3.63) is 35.7 Å². The average Bonchev–Trinajstić information content (AvgIpc) is 2.80. The number of benzene rings is 1. The van der Waals surface area contributed by atoms with E-state index in [-0.39, 0.29) is 23.6 Å². The van der Waals surface area contributed by atoms with Crippen LogP contribution in [-0.4, -0.2) is 21.4 Å². The summed E-state index contributed by atoms with van der Waals surface area (Å²) in [6.45, 7) is 5.68. The van der Waals surface area contributed by atoms with Crippen LogP contribution in [0.25, 0.3) is 11.4 Å². The Balaban J connectivity index is 2.18. The lowest BCUT2D eigenvalue weighted by atomic mass is 9.87. The van der Waals surface area contributed by atoms with Gasteiger partial charge in [-0.2, -0.15) is 4.98 Å². The summed E-state index contributed by atoms with van der Waals surface area (Å²) in [7, 11) is 0. The quantitative estimate of drug-likeness (QED) is 0.940. The molecule has 2 aromatic rings. The standard InChI is InChI=1S/C14H16F2N2O2/c1-14(2,3)11(19)7-12-17-13(18-20-12)8-4-5-9(15)10(16)6-8/h4-6,11,19H,7H2,1-3H3. The number of aliphatic hydroxyl groups excluding tert-OH is 1. The fourth-order valence-electron chi connectivity index (χ4n) is 1.56. The summed E-state index contributed by atoms with van der Waals surface area (Å²) in [5, 5.41) is 13.7. The molecular formula is C14H16F2N2O2. The lowest BCUT2D eigenvalue weighted by Gasteiger charge is -2.24. The van der Waals surface area contributed by atoms with Crippen LogP contribution < -0.4 is 0 Å². The maximum atomic E-state index is 13.1. The van der Waals surface area contributed by atoms with E-state index in [1.165, 1.54) is 6.07 Å². The largest absolute Gasteiger partial charge is 0.392 e. The predicted molar refractivity (Wildman–Crippen MR) is 68.8 cm³/mol. The van der Waals surface area contributed by atoms with Gasteiger partial charge in [0, 0.05) is 5.56 Å². The average molecular weight is 282 g/mol. The first-order chi connectivity index (χ1) is 9.27. The van der Waals surface area contributed by atoms with Gasteiger partial charge in [-0.3, -0.25) is 0 Å². The maximum absolute atomic E-state index is 13.1. The Morgan fingerprint density at radius 3 is 2.55 bits per heavy atom. The Morgan fingerprint density at radius 1 is 1.25 bits per heavy atom. The molecule has 1 atom stereocenters. The van der Waals surface area contributed by atoms with Crippen LogP contribution in [0, 0.1) is 17.0 Å². The van der Waals surface area contributed by atoms with Crippen LogP contribution in [0.1, 0.15) is 26.7 Å². The van der Waals surface area contributed by atoms with Crippen LogP contribution in [0.3, 0.4) is 0 Å². The molecule has 0 aliphatic heterocycles. The maximum Gasteiger partial charge on any atom is 0.229 e. The van der Waals surface area contributed by atoms with Gasteiger partial charge in [0.25, 0.3) is 0 Å². The molecule has 0 bridgehead atoms. The third-order valence-corrected chi connectivity index (χ3v) is 3.01. The summed E-state index contributed by atoms with van der Waals surface area (Å²) in [6.07, 6.45) is -0.430. The van der Waals surface area contributed by atoms with Crippen LogP contribution in [-0.2, 0) is 6.42 Å². The number of hydrogen-bond acceptors (Lipinski definition) is 4. The van der Waals surface area contributed by atoms with Crippen molar-refractivity contribution in [1.82, 2.24) is 10.1 Å². The fourth-order valence-corrected chi connectivity index (χ4v) is 1.56. The molecular weight excluding hydrogens is 266 g/mol. The zero-order valence-electron chi connectivity index (χ0n) is 11.5. The minimum Gasteiger partial charge on any atom is -0.392 e. The Kier molecular flexibility index (Phi) is 3.85. The van der Waals surface area contributed by atoms with Crippen molar-refractivity contribution in [2.45, 2.75) is 33.3 Å². The van der Waals surface area contributed by atoms with Crippen molar-refractivity contribution in [1.29, 1.82) is 0 Å². The molecule has 108 valence electrons. The molecule has 4 nitrogen and oxygen atoms in total. The molecule has 6 heteroatoms. The van der Waals surface area contributed by atoms with E-state index in [0.29, 0.717) is 5.56 Å². The summed E-state index contributed by atoms with van der Waals surface area (Å²) >= 11 is 0. The molecule has 2 rings (SSSR count). The van der Waals surface area contributed by atoms with E-state index >= 15 is 0 Å². The first kappa shape index (κ1) is 14.6. The van der Waals surface area contributed by atoms with Crippen LogP contribution in [0.2, 0.25) is 0 Å². The minimum atomic E-state index is -0.969. The molecule has 0 aliphatic rings. The van der Waals surface area contributed by atoms with Crippen molar-refractivity contribution in [2.24, 2.45) is 5.41 Å². The minimum absolute atomic E-state index is 0.167. The Morgan fingerprint density at radius 2 is 1.95 bits per heavy atom. The molecule has 0 amide bonds. The number of aliphatic hydroxyl groups is 1. The van der Waals surface area contributed by atoms with Gasteiger partial charge in [0.05, 0.1) is 12.5 Å². The van der Waals surface area contributed by atoms with Gasteiger partial charge >= 0.3 is 0 Å². The highest BCUT2D eigenvalue weighted by Gasteiger charge is 2.25. The summed E-state index contributed by atoms with van der Waals surface area (Å²) in [6, 6.07) is 3.38. The Hall–Kier alpha value is -1.82. The van der Waals surface area contributed by atoms with Crippen LogP contribution in [0.4, 0.5) is 8.78 Å². The summed E-state index contributed by atoms with van der Waals surface area (Å²) < 4.78 is 31.0. The molecule has 1 unspecified atom stereocenters. The number of rotatable bonds is 3. The number of hydrogen-bond donors (Lipinski definition) is 1. The molecule has 0 radical (unpaired) electrons. The summed E-state index contributed by atoms with van der Waals surface area (Å²) in [4.78, 5) is 4.08. The monoisotopic (exact) mass is 282 g/mol. The van der Waals surface area contributed by atoms with Crippen molar-refractivity contribution >= 4 is 0 Å². The lowest BCUT2D eigenvalue weighted by Crippen LogP contribution is -2.28. The molecule has 1 heterocycles. The molecule has 1 aromatic heterocycles. The van der Waals surface area contributed by atoms with Crippen molar-refractivity contribution in [2.75, 3.05) is 0 Å². The first-order valence-electron chi connectivity index (χ1n) is 6.23. The van der Waals surface area contributed by atoms with Gasteiger partial charge in [0.1, 0.15) is 0 Å². The zero-order chi connectivity index (χ0) is 14.9. The van der Waals surface area contributed by atoms with Crippen molar-refractivity contribution in [3.63, 3.8) is 0 Å². The smallest absolute Gasteiger partial charge is 0.229 e. The fraction of sp³-hybridized carbons (Fsp3) is 0.429. The second-order valence-corrected chi connectivity index (χ2v) is 5.73. The van der Waals surface area contributed by atoms with E-state index in [1.807, 2.05) is 20.8 Å². The second-order valence-electron chi connectivity index (χ2n) is 5.73. The second kappa shape index (κ2) is 5.28. The van der Waals surface area contributed by atoms with Gasteiger partial charge in [-0.15, -0.1) is 0 Å². The van der Waals surface area contributed by atoms with Gasteiger partial charge < -0.3 is 9.63 Å². The normalized spacial score (nSPS) is 13.5.